The summed E-state index contributed by atoms with van der Waals surface area (Å²) in [5.74, 6) is -0.583. The second kappa shape index (κ2) is 11.0. The number of alkyl halides is 3. The summed E-state index contributed by atoms with van der Waals surface area (Å²) >= 11 is 16.4. The number of carbonyl (C=O) groups excluding carboxylic acids is 1. The van der Waals surface area contributed by atoms with Gasteiger partial charge in [0.05, 0.1) is 4.90 Å². The van der Waals surface area contributed by atoms with E-state index in [1.807, 2.05) is 37.3 Å². The van der Waals surface area contributed by atoms with Crippen molar-refractivity contribution in [2.75, 3.05) is 6.61 Å². The Balaban J connectivity index is 0.000000307. The molecule has 2 aromatic rings. The lowest BCUT2D eigenvalue weighted by molar-refractivity contribution is -0.145. The van der Waals surface area contributed by atoms with E-state index in [1.165, 1.54) is 12.1 Å². The fraction of sp³-hybridized carbons (Fsp3) is 0.278. The molecule has 0 amide bonds. The third kappa shape index (κ3) is 10.3. The van der Waals surface area contributed by atoms with Crippen LogP contribution in [0.2, 0.25) is 0 Å². The molecule has 0 fully saturated rings. The molecular weight excluding hydrogens is 449 g/mol. The van der Waals surface area contributed by atoms with Crippen molar-refractivity contribution in [1.29, 1.82) is 0 Å². The maximum absolute atomic E-state index is 11.5. The van der Waals surface area contributed by atoms with E-state index in [1.54, 1.807) is 12.1 Å². The average molecular weight is 469 g/mol. The standard InChI is InChI=1S/C11H12Cl3NO2.C7H8O3S/c12-11(13,14)7-17-10(16)9(15)6-8-4-2-1-3-5-8;1-6-2-4-7(5-3-6)11(8,9)10/h1-5,9H,6-7,15H2;2-5H,1H3,(H,8,9,10). The highest BCUT2D eigenvalue weighted by Crippen LogP contribution is 2.26. The molecule has 1 atom stereocenters. The second-order valence-electron chi connectivity index (χ2n) is 5.81. The summed E-state index contributed by atoms with van der Waals surface area (Å²) in [6.45, 7) is 1.53. The van der Waals surface area contributed by atoms with Crippen LogP contribution in [0.5, 0.6) is 0 Å². The van der Waals surface area contributed by atoms with Gasteiger partial charge >= 0.3 is 5.97 Å². The Morgan fingerprint density at radius 1 is 1.11 bits per heavy atom. The van der Waals surface area contributed by atoms with E-state index in [-0.39, 0.29) is 11.5 Å². The Kier molecular flexibility index (Phi) is 9.69. The van der Waals surface area contributed by atoms with E-state index < -0.39 is 25.9 Å². The van der Waals surface area contributed by atoms with Crippen molar-refractivity contribution in [2.24, 2.45) is 5.73 Å². The van der Waals surface area contributed by atoms with Gasteiger partial charge in [-0.1, -0.05) is 82.8 Å². The van der Waals surface area contributed by atoms with Crippen molar-refractivity contribution in [3.63, 3.8) is 0 Å². The van der Waals surface area contributed by atoms with Crippen LogP contribution in [0.4, 0.5) is 0 Å². The van der Waals surface area contributed by atoms with Crippen LogP contribution in [0.15, 0.2) is 59.5 Å². The first-order chi connectivity index (χ1) is 12.9. The third-order valence-electron chi connectivity index (χ3n) is 3.30. The summed E-state index contributed by atoms with van der Waals surface area (Å²) < 4.78 is 32.7. The molecule has 154 valence electrons. The number of rotatable bonds is 5. The minimum atomic E-state index is -4.02. The minimum absolute atomic E-state index is 0.0666. The molecule has 0 heterocycles. The lowest BCUT2D eigenvalue weighted by Gasteiger charge is -2.14. The molecule has 2 aromatic carbocycles. The molecule has 28 heavy (non-hydrogen) atoms. The molecule has 2 rings (SSSR count). The van der Waals surface area contributed by atoms with Crippen molar-refractivity contribution in [2.45, 2.75) is 28.1 Å². The number of hydrogen-bond donors (Lipinski definition) is 2. The molecule has 0 saturated heterocycles. The van der Waals surface area contributed by atoms with Crippen molar-refractivity contribution < 1.29 is 22.5 Å². The van der Waals surface area contributed by atoms with Crippen LogP contribution in [0.3, 0.4) is 0 Å². The van der Waals surface area contributed by atoms with Crippen LogP contribution >= 0.6 is 34.8 Å². The zero-order valence-corrected chi connectivity index (χ0v) is 18.0. The van der Waals surface area contributed by atoms with Crippen LogP contribution in [0, 0.1) is 6.92 Å². The molecular formula is C18H20Cl3NO5S. The summed E-state index contributed by atoms with van der Waals surface area (Å²) in [5.41, 5.74) is 7.58. The van der Waals surface area contributed by atoms with E-state index in [0.717, 1.165) is 11.1 Å². The van der Waals surface area contributed by atoms with Gasteiger partial charge in [0.25, 0.3) is 10.1 Å². The van der Waals surface area contributed by atoms with Gasteiger partial charge in [-0.2, -0.15) is 8.42 Å². The molecule has 0 aliphatic carbocycles. The van der Waals surface area contributed by atoms with E-state index in [2.05, 4.69) is 0 Å². The van der Waals surface area contributed by atoms with E-state index in [9.17, 15) is 13.2 Å². The van der Waals surface area contributed by atoms with Crippen molar-refractivity contribution in [3.8, 4) is 0 Å². The molecule has 0 radical (unpaired) electrons. The topological polar surface area (TPSA) is 107 Å². The highest BCUT2D eigenvalue weighted by molar-refractivity contribution is 7.85. The molecule has 3 N–H and O–H groups in total. The molecule has 0 spiro atoms. The first-order valence-corrected chi connectivity index (χ1v) is 10.5. The van der Waals surface area contributed by atoms with Gasteiger partial charge in [0, 0.05) is 0 Å². The Morgan fingerprint density at radius 2 is 1.64 bits per heavy atom. The van der Waals surface area contributed by atoms with Crippen molar-refractivity contribution >= 4 is 50.9 Å². The summed E-state index contributed by atoms with van der Waals surface area (Å²) in [5, 5.41) is 0. The predicted octanol–water partition coefficient (Wildman–Crippen LogP) is 3.71. The third-order valence-corrected chi connectivity index (χ3v) is 4.49. The van der Waals surface area contributed by atoms with Crippen LogP contribution in [-0.2, 0) is 26.1 Å². The molecule has 0 aliphatic rings. The van der Waals surface area contributed by atoms with Crippen molar-refractivity contribution in [3.05, 3.63) is 65.7 Å². The lowest BCUT2D eigenvalue weighted by atomic mass is 10.1. The van der Waals surface area contributed by atoms with Gasteiger partial charge in [0.1, 0.15) is 12.6 Å². The van der Waals surface area contributed by atoms with Gasteiger partial charge in [0.2, 0.25) is 3.79 Å². The molecule has 6 nitrogen and oxygen atoms in total. The number of hydrogen-bond acceptors (Lipinski definition) is 5. The van der Waals surface area contributed by atoms with E-state index >= 15 is 0 Å². The van der Waals surface area contributed by atoms with Gasteiger partial charge in [-0.3, -0.25) is 9.35 Å². The summed E-state index contributed by atoms with van der Waals surface area (Å²) in [6, 6.07) is 14.6. The van der Waals surface area contributed by atoms with Crippen LogP contribution < -0.4 is 5.73 Å². The lowest BCUT2D eigenvalue weighted by Crippen LogP contribution is -2.36. The number of esters is 1. The summed E-state index contributed by atoms with van der Waals surface area (Å²) in [7, 11) is -4.02. The number of benzene rings is 2. The molecule has 1 unspecified atom stereocenters. The maximum atomic E-state index is 11.5. The van der Waals surface area contributed by atoms with Gasteiger partial charge in [-0.15, -0.1) is 0 Å². The van der Waals surface area contributed by atoms with E-state index in [4.69, 9.17) is 49.8 Å². The average Bonchev–Trinajstić information content (AvgIpc) is 2.60. The number of ether oxygens (including phenoxy) is 1. The predicted molar refractivity (Wildman–Crippen MR) is 110 cm³/mol. The quantitative estimate of drug-likeness (QED) is 0.393. The molecule has 0 saturated carbocycles. The molecule has 0 bridgehead atoms. The van der Waals surface area contributed by atoms with Gasteiger partial charge in [0.15, 0.2) is 0 Å². The zero-order chi connectivity index (χ0) is 21.4. The fourth-order valence-corrected chi connectivity index (χ4v) is 2.57. The number of halogens is 3. The molecule has 0 aromatic heterocycles. The minimum Gasteiger partial charge on any atom is -0.460 e. The van der Waals surface area contributed by atoms with E-state index in [0.29, 0.717) is 6.42 Å². The molecule has 0 aliphatic heterocycles. The number of aryl methyl sites for hydroxylation is 1. The van der Waals surface area contributed by atoms with Crippen LogP contribution in [0.25, 0.3) is 0 Å². The first kappa shape index (κ1) is 24.7. The van der Waals surface area contributed by atoms with Crippen LogP contribution in [-0.4, -0.2) is 35.4 Å². The Labute approximate surface area is 179 Å². The summed E-state index contributed by atoms with van der Waals surface area (Å²) in [4.78, 5) is 11.4. The van der Waals surface area contributed by atoms with Crippen LogP contribution in [0.1, 0.15) is 11.1 Å². The van der Waals surface area contributed by atoms with Gasteiger partial charge in [-0.05, 0) is 31.0 Å². The first-order valence-electron chi connectivity index (χ1n) is 7.95. The maximum Gasteiger partial charge on any atom is 0.323 e. The van der Waals surface area contributed by atoms with Gasteiger partial charge in [-0.25, -0.2) is 0 Å². The smallest absolute Gasteiger partial charge is 0.323 e. The fourth-order valence-electron chi connectivity index (χ4n) is 1.92. The molecule has 10 heteroatoms. The monoisotopic (exact) mass is 467 g/mol. The number of carbonyl (C=O) groups is 1. The SMILES string of the molecule is Cc1ccc(S(=O)(=O)O)cc1.NC(Cc1ccccc1)C(=O)OCC(Cl)(Cl)Cl. The normalized spacial score (nSPS) is 12.5. The van der Waals surface area contributed by atoms with Crippen molar-refractivity contribution in [1.82, 2.24) is 0 Å². The second-order valence-corrected chi connectivity index (χ2v) is 9.74. The number of nitrogens with two attached hydrogens (primary N) is 1. The highest BCUT2D eigenvalue weighted by Gasteiger charge is 2.24. The largest absolute Gasteiger partial charge is 0.460 e. The Morgan fingerprint density at radius 3 is 2.11 bits per heavy atom. The zero-order valence-electron chi connectivity index (χ0n) is 14.9. The van der Waals surface area contributed by atoms with Gasteiger partial charge < -0.3 is 10.5 Å². The Hall–Kier alpha value is -1.35. The highest BCUT2D eigenvalue weighted by atomic mass is 35.6. The summed E-state index contributed by atoms with van der Waals surface area (Å²) in [6.07, 6.45) is 0.388. The Bertz CT molecular complexity index is 853.